The van der Waals surface area contributed by atoms with E-state index >= 15 is 0 Å². The summed E-state index contributed by atoms with van der Waals surface area (Å²) in [7, 11) is -5.71. The van der Waals surface area contributed by atoms with Crippen molar-refractivity contribution < 1.29 is 21.6 Å². The Kier molecular flexibility index (Phi) is 6.99. The summed E-state index contributed by atoms with van der Waals surface area (Å²) in [5.41, 5.74) is 1.02. The summed E-state index contributed by atoms with van der Waals surface area (Å²) in [6.45, 7) is 4.29. The van der Waals surface area contributed by atoms with Crippen LogP contribution in [0.3, 0.4) is 0 Å². The first-order chi connectivity index (χ1) is 15.7. The standard InChI is InChI=1S/C23H31N3O5S2/c1-19-5-3-4-14-26(19)33(29,30)23-12-10-22(11-13-23)32(27,28)25-17-15-24(16-18-25)20-6-8-21(31-2)9-7-20/h6-13,19H,3-5,14-18H2,1-2H3. The Bertz CT molecular complexity index is 1160. The van der Waals surface area contributed by atoms with E-state index in [-0.39, 0.29) is 15.8 Å². The summed E-state index contributed by atoms with van der Waals surface area (Å²) < 4.78 is 60.5. The van der Waals surface area contributed by atoms with E-state index in [2.05, 4.69) is 4.90 Å². The Morgan fingerprint density at radius 3 is 1.88 bits per heavy atom. The van der Waals surface area contributed by atoms with Crippen LogP contribution >= 0.6 is 0 Å². The Morgan fingerprint density at radius 2 is 1.33 bits per heavy atom. The number of sulfonamides is 2. The first-order valence-electron chi connectivity index (χ1n) is 11.2. The van der Waals surface area contributed by atoms with Gasteiger partial charge in [0.1, 0.15) is 5.75 Å². The molecule has 1 atom stereocenters. The second-order valence-electron chi connectivity index (χ2n) is 8.52. The molecule has 0 N–H and O–H groups in total. The summed E-state index contributed by atoms with van der Waals surface area (Å²) in [5, 5.41) is 0. The van der Waals surface area contributed by atoms with Crippen LogP contribution in [0.4, 0.5) is 5.69 Å². The predicted octanol–water partition coefficient (Wildman–Crippen LogP) is 2.77. The minimum atomic E-state index is -3.70. The van der Waals surface area contributed by atoms with Crippen LogP contribution in [0, 0.1) is 0 Å². The molecular weight excluding hydrogens is 462 g/mol. The van der Waals surface area contributed by atoms with Crippen LogP contribution in [0.15, 0.2) is 58.3 Å². The maximum Gasteiger partial charge on any atom is 0.243 e. The van der Waals surface area contributed by atoms with E-state index in [0.717, 1.165) is 30.7 Å². The zero-order chi connectivity index (χ0) is 23.6. The lowest BCUT2D eigenvalue weighted by atomic mass is 10.1. The molecule has 2 aromatic carbocycles. The molecule has 0 aliphatic carbocycles. The van der Waals surface area contributed by atoms with Crippen LogP contribution in [-0.2, 0) is 20.0 Å². The monoisotopic (exact) mass is 493 g/mol. The third-order valence-electron chi connectivity index (χ3n) is 6.49. The Morgan fingerprint density at radius 1 is 0.758 bits per heavy atom. The molecule has 0 aromatic heterocycles. The van der Waals surface area contributed by atoms with Gasteiger partial charge in [-0.1, -0.05) is 6.42 Å². The van der Waals surface area contributed by atoms with Crippen molar-refractivity contribution in [3.8, 4) is 5.75 Å². The largest absolute Gasteiger partial charge is 0.497 e. The molecule has 0 radical (unpaired) electrons. The molecule has 8 nitrogen and oxygen atoms in total. The van der Waals surface area contributed by atoms with Gasteiger partial charge in [-0.2, -0.15) is 8.61 Å². The Hall–Kier alpha value is -2.14. The van der Waals surface area contributed by atoms with Gasteiger partial charge in [0, 0.05) is 44.5 Å². The van der Waals surface area contributed by atoms with E-state index in [1.165, 1.54) is 32.9 Å². The first-order valence-corrected chi connectivity index (χ1v) is 14.1. The van der Waals surface area contributed by atoms with E-state index in [9.17, 15) is 16.8 Å². The van der Waals surface area contributed by atoms with Crippen molar-refractivity contribution in [3.63, 3.8) is 0 Å². The highest BCUT2D eigenvalue weighted by molar-refractivity contribution is 7.89. The van der Waals surface area contributed by atoms with Crippen LogP contribution < -0.4 is 9.64 Å². The number of anilines is 1. The van der Waals surface area contributed by atoms with Crippen LogP contribution in [0.1, 0.15) is 26.2 Å². The molecule has 10 heteroatoms. The Labute approximate surface area is 196 Å². The number of benzene rings is 2. The van der Waals surface area contributed by atoms with Gasteiger partial charge < -0.3 is 9.64 Å². The molecule has 2 aliphatic rings. The molecule has 2 aliphatic heterocycles. The van der Waals surface area contributed by atoms with Gasteiger partial charge in [-0.25, -0.2) is 16.8 Å². The van der Waals surface area contributed by atoms with Crippen LogP contribution in [0.2, 0.25) is 0 Å². The number of ether oxygens (including phenoxy) is 1. The number of methoxy groups -OCH3 is 1. The zero-order valence-electron chi connectivity index (χ0n) is 19.1. The smallest absolute Gasteiger partial charge is 0.243 e. The van der Waals surface area contributed by atoms with Crippen LogP contribution in [0.5, 0.6) is 5.75 Å². The van der Waals surface area contributed by atoms with Crippen molar-refractivity contribution in [1.82, 2.24) is 8.61 Å². The van der Waals surface area contributed by atoms with Crippen molar-refractivity contribution in [2.45, 2.75) is 42.0 Å². The molecule has 2 heterocycles. The van der Waals surface area contributed by atoms with Gasteiger partial charge in [0.15, 0.2) is 0 Å². The summed E-state index contributed by atoms with van der Waals surface area (Å²) in [4.78, 5) is 2.39. The van der Waals surface area contributed by atoms with Crippen molar-refractivity contribution in [2.24, 2.45) is 0 Å². The molecule has 180 valence electrons. The van der Waals surface area contributed by atoms with Crippen molar-refractivity contribution in [3.05, 3.63) is 48.5 Å². The quantitative estimate of drug-likeness (QED) is 0.615. The van der Waals surface area contributed by atoms with Crippen molar-refractivity contribution in [2.75, 3.05) is 44.7 Å². The van der Waals surface area contributed by atoms with Crippen molar-refractivity contribution >= 4 is 25.7 Å². The highest BCUT2D eigenvalue weighted by Crippen LogP contribution is 2.27. The molecule has 0 bridgehead atoms. The second kappa shape index (κ2) is 9.61. The maximum absolute atomic E-state index is 13.2. The van der Waals surface area contributed by atoms with E-state index in [4.69, 9.17) is 4.74 Å². The van der Waals surface area contributed by atoms with Gasteiger partial charge >= 0.3 is 0 Å². The molecule has 33 heavy (non-hydrogen) atoms. The third kappa shape index (κ3) is 4.89. The fraction of sp³-hybridized carbons (Fsp3) is 0.478. The average Bonchev–Trinajstić information content (AvgIpc) is 2.84. The molecule has 1 unspecified atom stereocenters. The van der Waals surface area contributed by atoms with Gasteiger partial charge in [-0.15, -0.1) is 0 Å². The van der Waals surface area contributed by atoms with E-state index in [0.29, 0.717) is 32.7 Å². The molecule has 0 saturated carbocycles. The summed E-state index contributed by atoms with van der Waals surface area (Å²) >= 11 is 0. The molecule has 4 rings (SSSR count). The normalized spacial score (nSPS) is 21.2. The number of nitrogens with zero attached hydrogens (tertiary/aromatic N) is 3. The van der Waals surface area contributed by atoms with E-state index < -0.39 is 20.0 Å². The Balaban J connectivity index is 1.44. The lowest BCUT2D eigenvalue weighted by Crippen LogP contribution is -2.48. The number of piperazine rings is 1. The number of rotatable bonds is 6. The summed E-state index contributed by atoms with van der Waals surface area (Å²) in [6.07, 6.45) is 2.71. The van der Waals surface area contributed by atoms with E-state index in [1.807, 2.05) is 31.2 Å². The fourth-order valence-electron chi connectivity index (χ4n) is 4.48. The minimum absolute atomic E-state index is 0.0471. The topological polar surface area (TPSA) is 87.2 Å². The lowest BCUT2D eigenvalue weighted by Gasteiger charge is -2.35. The van der Waals surface area contributed by atoms with Gasteiger partial charge in [0.25, 0.3) is 0 Å². The fourth-order valence-corrected chi connectivity index (χ4v) is 7.60. The molecule has 2 aromatic rings. The van der Waals surface area contributed by atoms with Crippen molar-refractivity contribution in [1.29, 1.82) is 0 Å². The van der Waals surface area contributed by atoms with Crippen LogP contribution in [-0.4, -0.2) is 71.3 Å². The SMILES string of the molecule is COc1ccc(N2CCN(S(=O)(=O)c3ccc(S(=O)(=O)N4CCCCC4C)cc3)CC2)cc1. The van der Waals surface area contributed by atoms with Crippen LogP contribution in [0.25, 0.3) is 0 Å². The number of piperidine rings is 1. The molecule has 2 saturated heterocycles. The molecule has 0 amide bonds. The zero-order valence-corrected chi connectivity index (χ0v) is 20.7. The second-order valence-corrected chi connectivity index (χ2v) is 12.3. The number of hydrogen-bond donors (Lipinski definition) is 0. The highest BCUT2D eigenvalue weighted by Gasteiger charge is 2.32. The summed E-state index contributed by atoms with van der Waals surface area (Å²) in [6, 6.07) is 13.3. The van der Waals surface area contributed by atoms with Gasteiger partial charge in [0.05, 0.1) is 16.9 Å². The van der Waals surface area contributed by atoms with Gasteiger partial charge in [0.2, 0.25) is 20.0 Å². The predicted molar refractivity (Wildman–Crippen MR) is 128 cm³/mol. The lowest BCUT2D eigenvalue weighted by molar-refractivity contribution is 0.268. The van der Waals surface area contributed by atoms with Gasteiger partial charge in [-0.3, -0.25) is 0 Å². The van der Waals surface area contributed by atoms with Gasteiger partial charge in [-0.05, 0) is 68.3 Å². The summed E-state index contributed by atoms with van der Waals surface area (Å²) in [5.74, 6) is 0.778. The molecule has 2 fully saturated rings. The third-order valence-corrected chi connectivity index (χ3v) is 10.4. The first kappa shape index (κ1) is 24.0. The average molecular weight is 494 g/mol. The number of hydrogen-bond acceptors (Lipinski definition) is 6. The highest BCUT2D eigenvalue weighted by atomic mass is 32.2. The molecular formula is C23H31N3O5S2. The minimum Gasteiger partial charge on any atom is -0.497 e. The molecule has 0 spiro atoms. The maximum atomic E-state index is 13.2. The van der Waals surface area contributed by atoms with E-state index in [1.54, 1.807) is 7.11 Å².